The Morgan fingerprint density at radius 1 is 1.25 bits per heavy atom. The van der Waals surface area contributed by atoms with Crippen molar-refractivity contribution >= 4 is 17.4 Å². The number of carbonyl (C=O) groups is 1. The van der Waals surface area contributed by atoms with Gasteiger partial charge in [-0.3, -0.25) is 4.79 Å². The van der Waals surface area contributed by atoms with E-state index >= 15 is 0 Å². The summed E-state index contributed by atoms with van der Waals surface area (Å²) in [5.74, 6) is 1.11. The fraction of sp³-hybridized carbons (Fsp3) is 0.214. The highest BCUT2D eigenvalue weighted by Gasteiger charge is 2.20. The molecule has 2 heterocycles. The van der Waals surface area contributed by atoms with Gasteiger partial charge < -0.3 is 15.4 Å². The molecule has 0 bridgehead atoms. The quantitative estimate of drug-likeness (QED) is 0.848. The molecular weight excluding hydrogens is 256 g/mol. The van der Waals surface area contributed by atoms with Gasteiger partial charge in [-0.2, -0.15) is 0 Å². The highest BCUT2D eigenvalue weighted by molar-refractivity contribution is 5.95. The minimum Gasteiger partial charge on any atom is -0.491 e. The molecule has 1 aliphatic rings. The van der Waals surface area contributed by atoms with E-state index < -0.39 is 0 Å². The Morgan fingerprint density at radius 2 is 2.10 bits per heavy atom. The third-order valence-corrected chi connectivity index (χ3v) is 3.25. The van der Waals surface area contributed by atoms with Crippen LogP contribution in [0.25, 0.3) is 11.3 Å². The Balaban J connectivity index is 2.05. The predicted octanol–water partition coefficient (Wildman–Crippen LogP) is 1.47. The zero-order valence-corrected chi connectivity index (χ0v) is 11.0. The molecule has 102 valence electrons. The molecular formula is C14H14N4O2. The van der Waals surface area contributed by atoms with Crippen LogP contribution in [-0.4, -0.2) is 29.8 Å². The summed E-state index contributed by atoms with van der Waals surface area (Å²) in [6.45, 7) is 0.400. The summed E-state index contributed by atoms with van der Waals surface area (Å²) in [6.07, 6.45) is 0.377. The fourth-order valence-electron chi connectivity index (χ4n) is 2.11. The van der Waals surface area contributed by atoms with Gasteiger partial charge in [0, 0.05) is 12.6 Å². The van der Waals surface area contributed by atoms with E-state index in [0.29, 0.717) is 30.3 Å². The van der Waals surface area contributed by atoms with Crippen molar-refractivity contribution in [1.29, 1.82) is 0 Å². The van der Waals surface area contributed by atoms with Gasteiger partial charge in [0.1, 0.15) is 11.6 Å². The first-order valence-corrected chi connectivity index (χ1v) is 6.28. The largest absolute Gasteiger partial charge is 0.491 e. The molecule has 0 radical (unpaired) electrons. The van der Waals surface area contributed by atoms with Crippen LogP contribution in [0.2, 0.25) is 0 Å². The monoisotopic (exact) mass is 270 g/mol. The standard InChI is InChI=1S/C14H14N4O2/c1-18-11-8-9(10-3-5-13(15)17-16-10)2-4-12(11)20-7-6-14(18)19/h2-5,8H,6-7H2,1H3,(H2,15,17). The number of carbonyl (C=O) groups excluding carboxylic acids is 1. The average Bonchev–Trinajstić information content (AvgIpc) is 2.60. The highest BCUT2D eigenvalue weighted by atomic mass is 16.5. The van der Waals surface area contributed by atoms with Crippen LogP contribution in [0.4, 0.5) is 11.5 Å². The molecule has 1 aromatic heterocycles. The lowest BCUT2D eigenvalue weighted by molar-refractivity contribution is -0.118. The Morgan fingerprint density at radius 3 is 2.85 bits per heavy atom. The van der Waals surface area contributed by atoms with Crippen LogP contribution in [-0.2, 0) is 4.79 Å². The minimum atomic E-state index is 0.0318. The Kier molecular flexibility index (Phi) is 2.98. The number of hydrogen-bond acceptors (Lipinski definition) is 5. The van der Waals surface area contributed by atoms with Gasteiger partial charge in [-0.1, -0.05) is 0 Å². The van der Waals surface area contributed by atoms with E-state index in [2.05, 4.69) is 10.2 Å². The van der Waals surface area contributed by atoms with Crippen molar-refractivity contribution in [2.24, 2.45) is 0 Å². The summed E-state index contributed by atoms with van der Waals surface area (Å²) in [5, 5.41) is 7.88. The number of hydrogen-bond donors (Lipinski definition) is 1. The highest BCUT2D eigenvalue weighted by Crippen LogP contribution is 2.34. The molecule has 2 N–H and O–H groups in total. The number of aromatic nitrogens is 2. The number of nitrogen functional groups attached to an aromatic ring is 1. The van der Waals surface area contributed by atoms with Gasteiger partial charge in [0.05, 0.1) is 24.4 Å². The zero-order valence-electron chi connectivity index (χ0n) is 11.0. The molecule has 0 saturated heterocycles. The molecule has 1 aromatic carbocycles. The molecule has 0 atom stereocenters. The van der Waals surface area contributed by atoms with Crippen molar-refractivity contribution in [3.05, 3.63) is 30.3 Å². The number of amides is 1. The van der Waals surface area contributed by atoms with Gasteiger partial charge in [-0.25, -0.2) is 0 Å². The SMILES string of the molecule is CN1C(=O)CCOc2ccc(-c3ccc(N)nn3)cc21. The second-order valence-corrected chi connectivity index (χ2v) is 4.58. The van der Waals surface area contributed by atoms with Crippen LogP contribution >= 0.6 is 0 Å². The van der Waals surface area contributed by atoms with Crippen molar-refractivity contribution in [1.82, 2.24) is 10.2 Å². The lowest BCUT2D eigenvalue weighted by Crippen LogP contribution is -2.25. The van der Waals surface area contributed by atoms with Gasteiger partial charge in [0.25, 0.3) is 0 Å². The topological polar surface area (TPSA) is 81.3 Å². The van der Waals surface area contributed by atoms with E-state index in [9.17, 15) is 4.79 Å². The molecule has 6 nitrogen and oxygen atoms in total. The van der Waals surface area contributed by atoms with E-state index in [1.807, 2.05) is 18.2 Å². The minimum absolute atomic E-state index is 0.0318. The van der Waals surface area contributed by atoms with E-state index in [0.717, 1.165) is 11.3 Å². The number of anilines is 2. The number of benzene rings is 1. The van der Waals surface area contributed by atoms with Crippen molar-refractivity contribution in [2.75, 3.05) is 24.3 Å². The third-order valence-electron chi connectivity index (χ3n) is 3.25. The van der Waals surface area contributed by atoms with Crippen LogP contribution in [0.15, 0.2) is 30.3 Å². The van der Waals surface area contributed by atoms with Gasteiger partial charge >= 0.3 is 0 Å². The fourth-order valence-corrected chi connectivity index (χ4v) is 2.11. The summed E-state index contributed by atoms with van der Waals surface area (Å²) < 4.78 is 5.58. The van der Waals surface area contributed by atoms with Crippen LogP contribution in [0.1, 0.15) is 6.42 Å². The summed E-state index contributed by atoms with van der Waals surface area (Å²) in [6, 6.07) is 9.10. The average molecular weight is 270 g/mol. The summed E-state index contributed by atoms with van der Waals surface area (Å²) >= 11 is 0. The maximum Gasteiger partial charge on any atom is 0.230 e. The van der Waals surface area contributed by atoms with E-state index in [1.165, 1.54) is 0 Å². The Bertz CT molecular complexity index is 655. The molecule has 0 spiro atoms. The molecule has 20 heavy (non-hydrogen) atoms. The van der Waals surface area contributed by atoms with Crippen molar-refractivity contribution in [2.45, 2.75) is 6.42 Å². The summed E-state index contributed by atoms with van der Waals surface area (Å²) in [7, 11) is 1.74. The van der Waals surface area contributed by atoms with E-state index in [-0.39, 0.29) is 5.91 Å². The third kappa shape index (κ3) is 2.16. The molecule has 1 aliphatic heterocycles. The number of nitrogens with two attached hydrogens (primary N) is 1. The normalized spacial score (nSPS) is 14.4. The molecule has 2 aromatic rings. The number of ether oxygens (including phenoxy) is 1. The van der Waals surface area contributed by atoms with Crippen molar-refractivity contribution < 1.29 is 9.53 Å². The lowest BCUT2D eigenvalue weighted by atomic mass is 10.1. The Labute approximate surface area is 116 Å². The summed E-state index contributed by atoms with van der Waals surface area (Å²) in [4.78, 5) is 13.5. The second-order valence-electron chi connectivity index (χ2n) is 4.58. The first-order chi connectivity index (χ1) is 9.65. The Hall–Kier alpha value is -2.63. The molecule has 0 saturated carbocycles. The maximum atomic E-state index is 11.9. The molecule has 0 unspecified atom stereocenters. The second kappa shape index (κ2) is 4.80. The van der Waals surface area contributed by atoms with E-state index in [4.69, 9.17) is 10.5 Å². The van der Waals surface area contributed by atoms with E-state index in [1.54, 1.807) is 24.1 Å². The van der Waals surface area contributed by atoms with Gasteiger partial charge in [0.15, 0.2) is 0 Å². The first kappa shape index (κ1) is 12.4. The maximum absolute atomic E-state index is 11.9. The van der Waals surface area contributed by atoms with Gasteiger partial charge in [0.2, 0.25) is 5.91 Å². The van der Waals surface area contributed by atoms with Crippen LogP contribution in [0.5, 0.6) is 5.75 Å². The van der Waals surface area contributed by atoms with Crippen LogP contribution in [0.3, 0.4) is 0 Å². The number of nitrogens with zero attached hydrogens (tertiary/aromatic N) is 3. The zero-order chi connectivity index (χ0) is 14.1. The van der Waals surface area contributed by atoms with Gasteiger partial charge in [-0.05, 0) is 30.3 Å². The van der Waals surface area contributed by atoms with Crippen LogP contribution in [0, 0.1) is 0 Å². The molecule has 0 aliphatic carbocycles. The molecule has 1 amide bonds. The lowest BCUT2D eigenvalue weighted by Gasteiger charge is -2.17. The number of rotatable bonds is 1. The predicted molar refractivity (Wildman–Crippen MR) is 75.4 cm³/mol. The molecule has 3 rings (SSSR count). The molecule has 6 heteroatoms. The first-order valence-electron chi connectivity index (χ1n) is 6.28. The number of fused-ring (bicyclic) bond motifs is 1. The summed E-state index contributed by atoms with van der Waals surface area (Å²) in [5.41, 5.74) is 7.83. The molecule has 0 fully saturated rings. The van der Waals surface area contributed by atoms with Crippen molar-refractivity contribution in [3.63, 3.8) is 0 Å². The smallest absolute Gasteiger partial charge is 0.230 e. The van der Waals surface area contributed by atoms with Crippen LogP contribution < -0.4 is 15.4 Å². The van der Waals surface area contributed by atoms with Crippen molar-refractivity contribution in [3.8, 4) is 17.0 Å². The van der Waals surface area contributed by atoms with Gasteiger partial charge in [-0.15, -0.1) is 10.2 Å².